The molecule has 0 spiro atoms. The molecule has 0 amide bonds. The summed E-state index contributed by atoms with van der Waals surface area (Å²) < 4.78 is 10.7. The molecule has 0 aromatic carbocycles. The fraction of sp³-hybridized carbons (Fsp3) is 0.765. The van der Waals surface area contributed by atoms with Crippen molar-refractivity contribution < 1.29 is 24.2 Å². The number of esters is 2. The van der Waals surface area contributed by atoms with Crippen LogP contribution < -0.4 is 0 Å². The van der Waals surface area contributed by atoms with Gasteiger partial charge in [-0.15, -0.1) is 0 Å². The van der Waals surface area contributed by atoms with Gasteiger partial charge in [0.2, 0.25) is 0 Å². The highest BCUT2D eigenvalue weighted by molar-refractivity contribution is 5.82. The lowest BCUT2D eigenvalue weighted by molar-refractivity contribution is -0.147. The van der Waals surface area contributed by atoms with Crippen molar-refractivity contribution in [1.82, 2.24) is 0 Å². The molecule has 5 heteroatoms. The third-order valence-corrected chi connectivity index (χ3v) is 6.81. The number of aliphatic hydroxyl groups excluding tert-OH is 1. The minimum atomic E-state index is -0.393. The molecule has 0 heterocycles. The fourth-order valence-electron chi connectivity index (χ4n) is 4.20. The lowest BCUT2D eigenvalue weighted by atomic mass is 10.0. The molecule has 0 saturated carbocycles. The van der Waals surface area contributed by atoms with Crippen LogP contribution >= 0.6 is 0 Å². The third kappa shape index (κ3) is 26.1. The minimum Gasteiger partial charge on any atom is -0.465 e. The number of rotatable bonds is 27. The monoisotopic (exact) mass is 548 g/mol. The lowest BCUT2D eigenvalue weighted by Gasteiger charge is -2.14. The van der Waals surface area contributed by atoms with E-state index in [1.165, 1.54) is 38.5 Å². The molecule has 0 radical (unpaired) electrons. The van der Waals surface area contributed by atoms with E-state index in [0.29, 0.717) is 6.42 Å². The Hall–Kier alpha value is -1.88. The SMILES string of the molecule is CCCCC/C=C\C/C=C\CCCCCCCC(=O)OCC(CO)COC(=O)/C=C(\CCCC)CCCCC. The number of unbranched alkanes of at least 4 members (excludes halogenated alkanes) is 11. The van der Waals surface area contributed by atoms with Crippen LogP contribution in [0.2, 0.25) is 0 Å². The Morgan fingerprint density at radius 1 is 0.641 bits per heavy atom. The fourth-order valence-corrected chi connectivity index (χ4v) is 4.20. The molecule has 0 rings (SSSR count). The first kappa shape index (κ1) is 37.1. The molecule has 0 aliphatic rings. The largest absolute Gasteiger partial charge is 0.465 e. The van der Waals surface area contributed by atoms with E-state index in [9.17, 15) is 14.7 Å². The van der Waals surface area contributed by atoms with E-state index in [0.717, 1.165) is 82.6 Å². The van der Waals surface area contributed by atoms with E-state index in [-0.39, 0.29) is 31.8 Å². The van der Waals surface area contributed by atoms with Crippen molar-refractivity contribution in [3.8, 4) is 0 Å². The molecule has 0 fully saturated rings. The van der Waals surface area contributed by atoms with Crippen LogP contribution in [0.3, 0.4) is 0 Å². The molecule has 39 heavy (non-hydrogen) atoms. The van der Waals surface area contributed by atoms with E-state index in [1.54, 1.807) is 6.08 Å². The van der Waals surface area contributed by atoms with E-state index >= 15 is 0 Å². The Kier molecular flexibility index (Phi) is 27.7. The first-order chi connectivity index (χ1) is 19.1. The highest BCUT2D eigenvalue weighted by atomic mass is 16.5. The average molecular weight is 549 g/mol. The van der Waals surface area contributed by atoms with Gasteiger partial charge >= 0.3 is 11.9 Å². The van der Waals surface area contributed by atoms with Gasteiger partial charge in [-0.2, -0.15) is 0 Å². The van der Waals surface area contributed by atoms with Gasteiger partial charge in [0.05, 0.1) is 25.7 Å². The normalized spacial score (nSPS) is 12.9. The summed E-state index contributed by atoms with van der Waals surface area (Å²) in [5.74, 6) is -1.01. The predicted molar refractivity (Wildman–Crippen MR) is 164 cm³/mol. The average Bonchev–Trinajstić information content (AvgIpc) is 2.93. The number of allylic oxidation sites excluding steroid dienone is 5. The molecule has 0 aromatic heterocycles. The van der Waals surface area contributed by atoms with Gasteiger partial charge in [0.25, 0.3) is 0 Å². The van der Waals surface area contributed by atoms with Crippen LogP contribution in [0.4, 0.5) is 0 Å². The van der Waals surface area contributed by atoms with Crippen LogP contribution in [0.25, 0.3) is 0 Å². The second kappa shape index (κ2) is 29.1. The molecule has 0 aliphatic heterocycles. The standard InChI is InChI=1S/C34H60O5/c1-4-7-10-11-12-13-14-15-16-17-18-19-20-21-23-26-33(36)38-29-32(28-35)30-39-34(37)27-31(24-9-6-3)25-22-8-5-2/h12-13,15-16,27,32,35H,4-11,14,17-26,28-30H2,1-3H3/b13-12-,16-15-,31-27+. The number of ether oxygens (including phenoxy) is 2. The number of carbonyl (C=O) groups is 2. The predicted octanol–water partition coefficient (Wildman–Crippen LogP) is 9.19. The van der Waals surface area contributed by atoms with Gasteiger partial charge in [0.15, 0.2) is 0 Å². The van der Waals surface area contributed by atoms with Crippen LogP contribution in [-0.4, -0.2) is 36.9 Å². The Morgan fingerprint density at radius 2 is 1.18 bits per heavy atom. The van der Waals surface area contributed by atoms with Gasteiger partial charge in [-0.3, -0.25) is 4.79 Å². The molecule has 1 N–H and O–H groups in total. The molecule has 0 bridgehead atoms. The van der Waals surface area contributed by atoms with Gasteiger partial charge in [-0.05, 0) is 64.2 Å². The van der Waals surface area contributed by atoms with Crippen molar-refractivity contribution in [1.29, 1.82) is 0 Å². The van der Waals surface area contributed by atoms with Crippen molar-refractivity contribution in [2.24, 2.45) is 5.92 Å². The molecule has 5 nitrogen and oxygen atoms in total. The van der Waals surface area contributed by atoms with Gasteiger partial charge in [-0.25, -0.2) is 4.79 Å². The summed E-state index contributed by atoms with van der Waals surface area (Å²) in [7, 11) is 0. The van der Waals surface area contributed by atoms with Crippen LogP contribution in [0.15, 0.2) is 36.0 Å². The molecule has 1 unspecified atom stereocenters. The first-order valence-corrected chi connectivity index (χ1v) is 16.0. The lowest BCUT2D eigenvalue weighted by Crippen LogP contribution is -2.23. The maximum Gasteiger partial charge on any atom is 0.330 e. The molecular formula is C34H60O5. The Balaban J connectivity index is 3.93. The Bertz CT molecular complexity index is 664. The van der Waals surface area contributed by atoms with Crippen molar-refractivity contribution >= 4 is 11.9 Å². The van der Waals surface area contributed by atoms with Crippen molar-refractivity contribution in [3.05, 3.63) is 36.0 Å². The van der Waals surface area contributed by atoms with E-state index in [2.05, 4.69) is 45.1 Å². The van der Waals surface area contributed by atoms with Crippen LogP contribution in [0.1, 0.15) is 143 Å². The molecule has 0 aromatic rings. The maximum atomic E-state index is 12.3. The van der Waals surface area contributed by atoms with Gasteiger partial charge in [0, 0.05) is 12.5 Å². The first-order valence-electron chi connectivity index (χ1n) is 16.0. The summed E-state index contributed by atoms with van der Waals surface area (Å²) in [5, 5.41) is 9.60. The smallest absolute Gasteiger partial charge is 0.330 e. The van der Waals surface area contributed by atoms with E-state index in [1.807, 2.05) is 0 Å². The summed E-state index contributed by atoms with van der Waals surface area (Å²) in [4.78, 5) is 24.4. The highest BCUT2D eigenvalue weighted by Crippen LogP contribution is 2.16. The zero-order chi connectivity index (χ0) is 28.8. The highest BCUT2D eigenvalue weighted by Gasteiger charge is 2.14. The summed E-state index contributed by atoms with van der Waals surface area (Å²) in [6.45, 7) is 6.49. The molecule has 1 atom stereocenters. The summed E-state index contributed by atoms with van der Waals surface area (Å²) in [5.41, 5.74) is 1.14. The molecule has 226 valence electrons. The number of aliphatic hydroxyl groups is 1. The Labute approximate surface area is 240 Å². The number of carbonyl (C=O) groups excluding carboxylic acids is 2. The Morgan fingerprint density at radius 3 is 1.85 bits per heavy atom. The molecular weight excluding hydrogens is 488 g/mol. The van der Waals surface area contributed by atoms with Crippen LogP contribution in [0, 0.1) is 5.92 Å². The van der Waals surface area contributed by atoms with Gasteiger partial charge < -0.3 is 14.6 Å². The van der Waals surface area contributed by atoms with Crippen molar-refractivity contribution in [3.63, 3.8) is 0 Å². The quantitative estimate of drug-likeness (QED) is 0.0479. The van der Waals surface area contributed by atoms with Crippen LogP contribution in [0.5, 0.6) is 0 Å². The van der Waals surface area contributed by atoms with Crippen LogP contribution in [-0.2, 0) is 19.1 Å². The van der Waals surface area contributed by atoms with E-state index in [4.69, 9.17) is 9.47 Å². The van der Waals surface area contributed by atoms with Crippen molar-refractivity contribution in [2.45, 2.75) is 143 Å². The zero-order valence-corrected chi connectivity index (χ0v) is 25.6. The minimum absolute atomic E-state index is 0.0544. The number of hydrogen-bond acceptors (Lipinski definition) is 5. The molecule has 0 saturated heterocycles. The third-order valence-electron chi connectivity index (χ3n) is 6.81. The summed E-state index contributed by atoms with van der Waals surface area (Å²) >= 11 is 0. The summed E-state index contributed by atoms with van der Waals surface area (Å²) in [6, 6.07) is 0. The number of hydrogen-bond donors (Lipinski definition) is 1. The van der Waals surface area contributed by atoms with Gasteiger partial charge in [-0.1, -0.05) is 102 Å². The maximum absolute atomic E-state index is 12.3. The second-order valence-corrected chi connectivity index (χ2v) is 10.7. The van der Waals surface area contributed by atoms with E-state index < -0.39 is 5.92 Å². The topological polar surface area (TPSA) is 72.8 Å². The molecule has 0 aliphatic carbocycles. The zero-order valence-electron chi connectivity index (χ0n) is 25.6. The second-order valence-electron chi connectivity index (χ2n) is 10.7. The van der Waals surface area contributed by atoms with Gasteiger partial charge in [0.1, 0.15) is 0 Å². The summed E-state index contributed by atoms with van der Waals surface area (Å²) in [6.07, 6.45) is 31.1. The van der Waals surface area contributed by atoms with Crippen molar-refractivity contribution in [2.75, 3.05) is 19.8 Å².